The molecule has 0 aromatic heterocycles. The largest absolute Gasteiger partial charge is 0.395 e. The van der Waals surface area contributed by atoms with Crippen LogP contribution in [0.3, 0.4) is 0 Å². The van der Waals surface area contributed by atoms with Crippen molar-refractivity contribution in [2.45, 2.75) is 6.61 Å². The molecule has 0 saturated carbocycles. The molecular formula is C13H20N2O2. The number of aliphatic hydroxyl groups is 2. The summed E-state index contributed by atoms with van der Waals surface area (Å²) in [7, 11) is 0. The maximum absolute atomic E-state index is 9.32. The van der Waals surface area contributed by atoms with E-state index in [4.69, 9.17) is 5.11 Å². The summed E-state index contributed by atoms with van der Waals surface area (Å²) in [6, 6.07) is 7.99. The van der Waals surface area contributed by atoms with E-state index in [2.05, 4.69) is 15.9 Å². The van der Waals surface area contributed by atoms with Gasteiger partial charge >= 0.3 is 0 Å². The first-order chi connectivity index (χ1) is 8.35. The lowest BCUT2D eigenvalue weighted by Crippen LogP contribution is -2.47. The third-order valence-electron chi connectivity index (χ3n) is 3.29. The third-order valence-corrected chi connectivity index (χ3v) is 3.29. The Kier molecular flexibility index (Phi) is 4.36. The molecule has 0 bridgehead atoms. The zero-order valence-corrected chi connectivity index (χ0v) is 10.0. The number of nitrogens with zero attached hydrogens (tertiary/aromatic N) is 2. The summed E-state index contributed by atoms with van der Waals surface area (Å²) < 4.78 is 0. The van der Waals surface area contributed by atoms with E-state index < -0.39 is 0 Å². The molecule has 1 aliphatic heterocycles. The molecule has 0 amide bonds. The van der Waals surface area contributed by atoms with Crippen molar-refractivity contribution in [1.29, 1.82) is 0 Å². The van der Waals surface area contributed by atoms with Gasteiger partial charge in [0, 0.05) is 44.0 Å². The molecule has 4 heteroatoms. The number of anilines is 1. The average molecular weight is 236 g/mol. The van der Waals surface area contributed by atoms with Crippen molar-refractivity contribution in [3.63, 3.8) is 0 Å². The quantitative estimate of drug-likeness (QED) is 0.789. The second-order valence-electron chi connectivity index (χ2n) is 4.34. The lowest BCUT2D eigenvalue weighted by molar-refractivity contribution is 0.188. The molecule has 0 radical (unpaired) electrons. The molecular weight excluding hydrogens is 216 g/mol. The Morgan fingerprint density at radius 2 is 1.71 bits per heavy atom. The van der Waals surface area contributed by atoms with Crippen LogP contribution in [0.4, 0.5) is 5.69 Å². The minimum absolute atomic E-state index is 0.0903. The zero-order valence-electron chi connectivity index (χ0n) is 10.0. The van der Waals surface area contributed by atoms with Gasteiger partial charge in [-0.3, -0.25) is 4.90 Å². The molecule has 0 atom stereocenters. The summed E-state index contributed by atoms with van der Waals surface area (Å²) in [5, 5.41) is 18.2. The van der Waals surface area contributed by atoms with Crippen molar-refractivity contribution in [1.82, 2.24) is 4.90 Å². The van der Waals surface area contributed by atoms with Gasteiger partial charge in [0.25, 0.3) is 0 Å². The summed E-state index contributed by atoms with van der Waals surface area (Å²) >= 11 is 0. The Hall–Kier alpha value is -1.10. The number of hydrogen-bond donors (Lipinski definition) is 2. The van der Waals surface area contributed by atoms with E-state index in [0.717, 1.165) is 44.0 Å². The molecule has 17 heavy (non-hydrogen) atoms. The smallest absolute Gasteiger partial charge is 0.0702 e. The molecule has 1 saturated heterocycles. The Bertz CT molecular complexity index is 349. The number of rotatable bonds is 4. The van der Waals surface area contributed by atoms with E-state index in [1.54, 1.807) is 0 Å². The van der Waals surface area contributed by atoms with Gasteiger partial charge in [0.2, 0.25) is 0 Å². The van der Waals surface area contributed by atoms with Crippen LogP contribution in [0, 0.1) is 0 Å². The van der Waals surface area contributed by atoms with E-state index in [1.807, 2.05) is 18.2 Å². The first-order valence-electron chi connectivity index (χ1n) is 6.12. The molecule has 2 N–H and O–H groups in total. The molecule has 1 aromatic rings. The van der Waals surface area contributed by atoms with Crippen molar-refractivity contribution in [3.05, 3.63) is 29.8 Å². The summed E-state index contributed by atoms with van der Waals surface area (Å²) in [5.74, 6) is 0. The van der Waals surface area contributed by atoms with Crippen LogP contribution in [-0.4, -0.2) is 54.4 Å². The summed E-state index contributed by atoms with van der Waals surface area (Å²) in [6.45, 7) is 4.93. The van der Waals surface area contributed by atoms with E-state index in [-0.39, 0.29) is 13.2 Å². The minimum Gasteiger partial charge on any atom is -0.395 e. The van der Waals surface area contributed by atoms with E-state index in [0.29, 0.717) is 0 Å². The Morgan fingerprint density at radius 3 is 2.35 bits per heavy atom. The van der Waals surface area contributed by atoms with E-state index in [9.17, 15) is 5.11 Å². The van der Waals surface area contributed by atoms with Crippen molar-refractivity contribution in [2.24, 2.45) is 0 Å². The highest BCUT2D eigenvalue weighted by Gasteiger charge is 2.18. The molecule has 0 unspecified atom stereocenters. The second-order valence-corrected chi connectivity index (χ2v) is 4.34. The Balaban J connectivity index is 2.00. The summed E-state index contributed by atoms with van der Waals surface area (Å²) in [4.78, 5) is 4.57. The first-order valence-corrected chi connectivity index (χ1v) is 6.12. The maximum Gasteiger partial charge on any atom is 0.0702 e. The lowest BCUT2D eigenvalue weighted by Gasteiger charge is -2.36. The van der Waals surface area contributed by atoms with Crippen LogP contribution in [0.2, 0.25) is 0 Å². The maximum atomic E-state index is 9.32. The highest BCUT2D eigenvalue weighted by molar-refractivity contribution is 5.53. The number of hydrogen-bond acceptors (Lipinski definition) is 4. The van der Waals surface area contributed by atoms with Crippen LogP contribution >= 0.6 is 0 Å². The normalized spacial score (nSPS) is 17.4. The SMILES string of the molecule is OCCN1CCN(c2ccccc2CO)CC1. The number of β-amino-alcohol motifs (C(OH)–C–C–N with tert-alkyl or cyclic N) is 1. The van der Waals surface area contributed by atoms with Crippen molar-refractivity contribution in [2.75, 3.05) is 44.2 Å². The molecule has 1 aliphatic rings. The van der Waals surface area contributed by atoms with Crippen LogP contribution in [0.15, 0.2) is 24.3 Å². The summed E-state index contributed by atoms with van der Waals surface area (Å²) in [5.41, 5.74) is 2.13. The predicted octanol–water partition coefficient (Wildman–Crippen LogP) is 0.293. The monoisotopic (exact) mass is 236 g/mol. The number of aliphatic hydroxyl groups excluding tert-OH is 2. The Morgan fingerprint density at radius 1 is 1.00 bits per heavy atom. The highest BCUT2D eigenvalue weighted by Crippen LogP contribution is 2.21. The van der Waals surface area contributed by atoms with Crippen molar-refractivity contribution >= 4 is 5.69 Å². The van der Waals surface area contributed by atoms with Gasteiger partial charge in [0.1, 0.15) is 0 Å². The standard InChI is InChI=1S/C13H20N2O2/c16-10-9-14-5-7-15(8-6-14)13-4-2-1-3-12(13)11-17/h1-4,16-17H,5-11H2. The number of para-hydroxylation sites is 1. The fraction of sp³-hybridized carbons (Fsp3) is 0.538. The van der Waals surface area contributed by atoms with Crippen molar-refractivity contribution in [3.8, 4) is 0 Å². The minimum atomic E-state index is 0.0903. The van der Waals surface area contributed by atoms with E-state index in [1.165, 1.54) is 0 Å². The topological polar surface area (TPSA) is 46.9 Å². The highest BCUT2D eigenvalue weighted by atomic mass is 16.3. The van der Waals surface area contributed by atoms with Crippen LogP contribution in [0.1, 0.15) is 5.56 Å². The summed E-state index contributed by atoms with van der Waals surface area (Å²) in [6.07, 6.45) is 0. The molecule has 4 nitrogen and oxygen atoms in total. The van der Waals surface area contributed by atoms with Crippen molar-refractivity contribution < 1.29 is 10.2 Å². The van der Waals surface area contributed by atoms with Gasteiger partial charge in [-0.25, -0.2) is 0 Å². The van der Waals surface area contributed by atoms with Gasteiger partial charge in [-0.2, -0.15) is 0 Å². The average Bonchev–Trinajstić information content (AvgIpc) is 2.40. The van der Waals surface area contributed by atoms with Gasteiger partial charge in [-0.15, -0.1) is 0 Å². The third kappa shape index (κ3) is 2.97. The van der Waals surface area contributed by atoms with Gasteiger partial charge in [-0.1, -0.05) is 18.2 Å². The zero-order chi connectivity index (χ0) is 12.1. The van der Waals surface area contributed by atoms with Gasteiger partial charge < -0.3 is 15.1 Å². The molecule has 0 aliphatic carbocycles. The molecule has 0 spiro atoms. The number of piperazine rings is 1. The predicted molar refractivity (Wildman–Crippen MR) is 68.1 cm³/mol. The molecule has 1 heterocycles. The van der Waals surface area contributed by atoms with Crippen LogP contribution in [0.5, 0.6) is 0 Å². The van der Waals surface area contributed by atoms with Gasteiger partial charge in [0.15, 0.2) is 0 Å². The first kappa shape index (κ1) is 12.4. The van der Waals surface area contributed by atoms with Gasteiger partial charge in [0.05, 0.1) is 13.2 Å². The van der Waals surface area contributed by atoms with Crippen LogP contribution < -0.4 is 4.90 Å². The lowest BCUT2D eigenvalue weighted by atomic mass is 10.1. The van der Waals surface area contributed by atoms with Gasteiger partial charge in [-0.05, 0) is 6.07 Å². The van der Waals surface area contributed by atoms with E-state index >= 15 is 0 Å². The molecule has 1 aromatic carbocycles. The van der Waals surface area contributed by atoms with Crippen LogP contribution in [0.25, 0.3) is 0 Å². The fourth-order valence-corrected chi connectivity index (χ4v) is 2.31. The molecule has 94 valence electrons. The van der Waals surface area contributed by atoms with Crippen LogP contribution in [-0.2, 0) is 6.61 Å². The fourth-order valence-electron chi connectivity index (χ4n) is 2.31. The Labute approximate surface area is 102 Å². The molecule has 2 rings (SSSR count). The number of benzene rings is 1. The molecule has 1 fully saturated rings. The second kappa shape index (κ2) is 6.00.